The van der Waals surface area contributed by atoms with Crippen LogP contribution in [0, 0.1) is 5.82 Å². The number of carbonyl (C=O) groups is 2. The van der Waals surface area contributed by atoms with Crippen molar-refractivity contribution in [3.63, 3.8) is 0 Å². The van der Waals surface area contributed by atoms with Crippen molar-refractivity contribution in [1.29, 1.82) is 0 Å². The molecule has 3 N–H and O–H groups in total. The van der Waals surface area contributed by atoms with Crippen LogP contribution in [-0.4, -0.2) is 41.7 Å². The average molecular weight is 294 g/mol. The van der Waals surface area contributed by atoms with Gasteiger partial charge in [-0.1, -0.05) is 0 Å². The van der Waals surface area contributed by atoms with Crippen molar-refractivity contribution in [1.82, 2.24) is 10.3 Å². The van der Waals surface area contributed by atoms with Crippen molar-refractivity contribution in [2.75, 3.05) is 19.8 Å². The lowest BCUT2D eigenvalue weighted by Gasteiger charge is -2.05. The van der Waals surface area contributed by atoms with Crippen LogP contribution in [0.2, 0.25) is 0 Å². The van der Waals surface area contributed by atoms with Crippen LogP contribution in [0.3, 0.4) is 0 Å². The van der Waals surface area contributed by atoms with Crippen LogP contribution in [0.15, 0.2) is 24.4 Å². The molecule has 0 aliphatic heterocycles. The molecule has 0 radical (unpaired) electrons. The van der Waals surface area contributed by atoms with Crippen molar-refractivity contribution in [2.24, 2.45) is 0 Å². The minimum atomic E-state index is -1.05. The number of halogens is 1. The molecular weight excluding hydrogens is 279 g/mol. The highest BCUT2D eigenvalue weighted by Crippen LogP contribution is 2.19. The summed E-state index contributed by atoms with van der Waals surface area (Å²) in [7, 11) is 0. The number of aromatic nitrogens is 1. The Morgan fingerprint density at radius 3 is 2.95 bits per heavy atom. The van der Waals surface area contributed by atoms with Gasteiger partial charge in [-0.3, -0.25) is 4.79 Å². The third-order valence-electron chi connectivity index (χ3n) is 2.87. The number of fused-ring (bicyclic) bond motifs is 1. The van der Waals surface area contributed by atoms with E-state index < -0.39 is 5.97 Å². The van der Waals surface area contributed by atoms with E-state index in [1.807, 2.05) is 0 Å². The Labute approximate surface area is 119 Å². The minimum absolute atomic E-state index is 0.136. The summed E-state index contributed by atoms with van der Waals surface area (Å²) in [5.41, 5.74) is 1.41. The molecule has 1 aromatic heterocycles. The summed E-state index contributed by atoms with van der Waals surface area (Å²) in [6.07, 6.45) is 1.83. The first kappa shape index (κ1) is 15.0. The standard InChI is InChI=1S/C14H15FN2O4/c15-10-1-2-11-9(7-17-12(11)6-10)5-13(18)16-3-4-21-8-14(19)20/h1-2,6-7,17H,3-5,8H2,(H,16,18)(H,19,20). The maximum atomic E-state index is 13.0. The minimum Gasteiger partial charge on any atom is -0.480 e. The van der Waals surface area contributed by atoms with Gasteiger partial charge in [0.25, 0.3) is 0 Å². The number of amides is 1. The second kappa shape index (κ2) is 6.85. The van der Waals surface area contributed by atoms with Gasteiger partial charge in [-0.05, 0) is 23.8 Å². The van der Waals surface area contributed by atoms with Gasteiger partial charge < -0.3 is 20.1 Å². The molecule has 1 aromatic carbocycles. The van der Waals surface area contributed by atoms with E-state index in [9.17, 15) is 14.0 Å². The number of aromatic amines is 1. The number of hydrogen-bond acceptors (Lipinski definition) is 3. The Balaban J connectivity index is 1.83. The van der Waals surface area contributed by atoms with Crippen LogP contribution in [0.25, 0.3) is 10.9 Å². The molecule has 0 aliphatic rings. The van der Waals surface area contributed by atoms with Crippen molar-refractivity contribution >= 4 is 22.8 Å². The molecule has 0 spiro atoms. The zero-order chi connectivity index (χ0) is 15.2. The Kier molecular flexibility index (Phi) is 4.89. The van der Waals surface area contributed by atoms with E-state index in [0.29, 0.717) is 5.52 Å². The molecule has 0 saturated heterocycles. The zero-order valence-corrected chi connectivity index (χ0v) is 11.2. The fourth-order valence-electron chi connectivity index (χ4n) is 1.96. The van der Waals surface area contributed by atoms with Gasteiger partial charge in [-0.2, -0.15) is 0 Å². The molecule has 2 aromatic rings. The molecule has 0 fully saturated rings. The van der Waals surface area contributed by atoms with E-state index in [2.05, 4.69) is 10.3 Å². The van der Waals surface area contributed by atoms with Crippen molar-refractivity contribution in [3.8, 4) is 0 Å². The number of carboxylic acids is 1. The molecule has 0 atom stereocenters. The summed E-state index contributed by atoms with van der Waals surface area (Å²) in [5, 5.41) is 11.8. The molecule has 6 nitrogen and oxygen atoms in total. The highest BCUT2D eigenvalue weighted by Gasteiger charge is 2.09. The Bertz CT molecular complexity index is 653. The van der Waals surface area contributed by atoms with Crippen LogP contribution in [0.1, 0.15) is 5.56 Å². The van der Waals surface area contributed by atoms with Crippen LogP contribution in [0.4, 0.5) is 4.39 Å². The number of benzene rings is 1. The molecule has 0 aliphatic carbocycles. The van der Waals surface area contributed by atoms with E-state index in [1.54, 1.807) is 12.3 Å². The number of rotatable bonds is 7. The lowest BCUT2D eigenvalue weighted by molar-refractivity contribution is -0.142. The third-order valence-corrected chi connectivity index (χ3v) is 2.87. The van der Waals surface area contributed by atoms with Gasteiger partial charge in [0.1, 0.15) is 12.4 Å². The Hall–Kier alpha value is -2.41. The predicted molar refractivity (Wildman–Crippen MR) is 73.4 cm³/mol. The van der Waals surface area contributed by atoms with Crippen LogP contribution >= 0.6 is 0 Å². The first-order valence-corrected chi connectivity index (χ1v) is 6.38. The van der Waals surface area contributed by atoms with E-state index in [1.165, 1.54) is 12.1 Å². The molecular formula is C14H15FN2O4. The number of aliphatic carboxylic acids is 1. The van der Waals surface area contributed by atoms with Crippen LogP contribution in [0.5, 0.6) is 0 Å². The van der Waals surface area contributed by atoms with E-state index in [-0.39, 0.29) is 37.9 Å². The van der Waals surface area contributed by atoms with E-state index >= 15 is 0 Å². The molecule has 1 heterocycles. The summed E-state index contributed by atoms with van der Waals surface area (Å²) in [6, 6.07) is 4.34. The van der Waals surface area contributed by atoms with Gasteiger partial charge in [0.2, 0.25) is 5.91 Å². The van der Waals surface area contributed by atoms with Gasteiger partial charge in [0, 0.05) is 23.6 Å². The molecule has 112 valence electrons. The maximum Gasteiger partial charge on any atom is 0.329 e. The number of carbonyl (C=O) groups excluding carboxylic acids is 1. The van der Waals surface area contributed by atoms with Crippen molar-refractivity contribution in [3.05, 3.63) is 35.8 Å². The molecule has 0 bridgehead atoms. The Morgan fingerprint density at radius 2 is 2.19 bits per heavy atom. The average Bonchev–Trinajstić information content (AvgIpc) is 2.80. The van der Waals surface area contributed by atoms with Gasteiger partial charge >= 0.3 is 5.97 Å². The summed E-state index contributed by atoms with van der Waals surface area (Å²) >= 11 is 0. The highest BCUT2D eigenvalue weighted by atomic mass is 19.1. The van der Waals surface area contributed by atoms with E-state index in [0.717, 1.165) is 10.9 Å². The predicted octanol–water partition coefficient (Wildman–Crippen LogP) is 1.07. The fourth-order valence-corrected chi connectivity index (χ4v) is 1.96. The molecule has 0 saturated carbocycles. The third kappa shape index (κ3) is 4.28. The zero-order valence-electron chi connectivity index (χ0n) is 11.2. The second-order valence-electron chi connectivity index (χ2n) is 4.48. The van der Waals surface area contributed by atoms with Gasteiger partial charge in [-0.15, -0.1) is 0 Å². The normalized spacial score (nSPS) is 10.7. The summed E-state index contributed by atoms with van der Waals surface area (Å²) < 4.78 is 17.9. The summed E-state index contributed by atoms with van der Waals surface area (Å²) in [6.45, 7) is -0.00981. The first-order valence-electron chi connectivity index (χ1n) is 6.38. The summed E-state index contributed by atoms with van der Waals surface area (Å²) in [5.74, 6) is -1.59. The fraction of sp³-hybridized carbons (Fsp3) is 0.286. The SMILES string of the molecule is O=C(O)COCCNC(=O)Cc1c[nH]c2cc(F)ccc12. The van der Waals surface area contributed by atoms with E-state index in [4.69, 9.17) is 9.84 Å². The van der Waals surface area contributed by atoms with Crippen LogP contribution in [-0.2, 0) is 20.7 Å². The van der Waals surface area contributed by atoms with Gasteiger partial charge in [0.05, 0.1) is 13.0 Å². The first-order chi connectivity index (χ1) is 10.1. The number of hydrogen-bond donors (Lipinski definition) is 3. The van der Waals surface area contributed by atoms with Gasteiger partial charge in [0.15, 0.2) is 0 Å². The van der Waals surface area contributed by atoms with Crippen molar-refractivity contribution in [2.45, 2.75) is 6.42 Å². The summed E-state index contributed by atoms with van der Waals surface area (Å²) in [4.78, 5) is 24.9. The van der Waals surface area contributed by atoms with Crippen LogP contribution < -0.4 is 5.32 Å². The maximum absolute atomic E-state index is 13.0. The monoisotopic (exact) mass is 294 g/mol. The largest absolute Gasteiger partial charge is 0.480 e. The van der Waals surface area contributed by atoms with Crippen molar-refractivity contribution < 1.29 is 23.8 Å². The van der Waals surface area contributed by atoms with Gasteiger partial charge in [-0.25, -0.2) is 9.18 Å². The quantitative estimate of drug-likeness (QED) is 0.666. The molecule has 2 rings (SSSR count). The Morgan fingerprint density at radius 1 is 1.38 bits per heavy atom. The second-order valence-corrected chi connectivity index (χ2v) is 4.48. The topological polar surface area (TPSA) is 91.4 Å². The number of ether oxygens (including phenoxy) is 1. The molecule has 0 unspecified atom stereocenters. The number of H-pyrrole nitrogens is 1. The number of nitrogens with one attached hydrogen (secondary N) is 2. The lowest BCUT2D eigenvalue weighted by Crippen LogP contribution is -2.29. The highest BCUT2D eigenvalue weighted by molar-refractivity contribution is 5.88. The smallest absolute Gasteiger partial charge is 0.329 e. The molecule has 7 heteroatoms. The number of carboxylic acid groups (broad SMARTS) is 1. The molecule has 21 heavy (non-hydrogen) atoms. The lowest BCUT2D eigenvalue weighted by atomic mass is 10.1. The molecule has 1 amide bonds.